The Balaban J connectivity index is 1.80. The van der Waals surface area contributed by atoms with Gasteiger partial charge in [0.05, 0.1) is 42.7 Å². The second-order valence-electron chi connectivity index (χ2n) is 6.98. The molecule has 7 nitrogen and oxygen atoms in total. The number of halogens is 3. The van der Waals surface area contributed by atoms with Crippen LogP contribution in [0.4, 0.5) is 13.2 Å². The SMILES string of the molecule is COc1ccc(-c2cc(C)c3c(O)n(-c4cnn(CC(F)(F)F)c4)cc3n2)c(OC)c1. The molecule has 1 N–H and O–H groups in total. The molecule has 0 spiro atoms. The van der Waals surface area contributed by atoms with Crippen LogP contribution in [0.25, 0.3) is 27.8 Å². The van der Waals surface area contributed by atoms with E-state index >= 15 is 0 Å². The van der Waals surface area contributed by atoms with Crippen LogP contribution in [0.5, 0.6) is 17.4 Å². The summed E-state index contributed by atoms with van der Waals surface area (Å²) in [6, 6.07) is 7.16. The first kappa shape index (κ1) is 20.6. The van der Waals surface area contributed by atoms with Gasteiger partial charge in [0, 0.05) is 24.0 Å². The molecule has 0 atom stereocenters. The van der Waals surface area contributed by atoms with Gasteiger partial charge in [-0.3, -0.25) is 9.25 Å². The fourth-order valence-electron chi connectivity index (χ4n) is 3.48. The topological polar surface area (TPSA) is 74.3 Å². The van der Waals surface area contributed by atoms with Crippen LogP contribution in [-0.2, 0) is 6.54 Å². The van der Waals surface area contributed by atoms with E-state index in [-0.39, 0.29) is 5.88 Å². The number of hydrogen-bond acceptors (Lipinski definition) is 5. The van der Waals surface area contributed by atoms with Crippen molar-refractivity contribution in [1.82, 2.24) is 19.3 Å². The van der Waals surface area contributed by atoms with Gasteiger partial charge in [0.1, 0.15) is 18.0 Å². The molecule has 162 valence electrons. The molecule has 4 rings (SSSR count). The summed E-state index contributed by atoms with van der Waals surface area (Å²) < 4.78 is 50.7. The van der Waals surface area contributed by atoms with Gasteiger partial charge in [-0.15, -0.1) is 0 Å². The van der Waals surface area contributed by atoms with Crippen LogP contribution in [0, 0.1) is 6.92 Å². The molecular formula is C21H19F3N4O3. The monoisotopic (exact) mass is 432 g/mol. The Labute approximate surface area is 175 Å². The van der Waals surface area contributed by atoms with Gasteiger partial charge in [-0.25, -0.2) is 4.98 Å². The molecule has 0 fully saturated rings. The zero-order valence-corrected chi connectivity index (χ0v) is 16.9. The van der Waals surface area contributed by atoms with Crippen molar-refractivity contribution in [3.05, 3.63) is 48.4 Å². The predicted molar refractivity (Wildman–Crippen MR) is 108 cm³/mol. The second kappa shape index (κ2) is 7.53. The van der Waals surface area contributed by atoms with Gasteiger partial charge in [-0.1, -0.05) is 0 Å². The Bertz CT molecular complexity index is 1260. The highest BCUT2D eigenvalue weighted by atomic mass is 19.4. The minimum Gasteiger partial charge on any atom is -0.497 e. The number of ether oxygens (including phenoxy) is 2. The molecule has 0 radical (unpaired) electrons. The third-order valence-electron chi connectivity index (χ3n) is 4.87. The summed E-state index contributed by atoms with van der Waals surface area (Å²) in [5, 5.41) is 15.0. The van der Waals surface area contributed by atoms with Gasteiger partial charge in [-0.2, -0.15) is 18.3 Å². The molecule has 0 amide bonds. The lowest BCUT2D eigenvalue weighted by Crippen LogP contribution is -2.17. The first-order chi connectivity index (χ1) is 14.7. The zero-order chi connectivity index (χ0) is 22.3. The highest BCUT2D eigenvalue weighted by molar-refractivity contribution is 5.91. The summed E-state index contributed by atoms with van der Waals surface area (Å²) in [5.74, 6) is 1.08. The number of nitrogens with zero attached hydrogens (tertiary/aromatic N) is 4. The van der Waals surface area contributed by atoms with Crippen molar-refractivity contribution in [3.63, 3.8) is 0 Å². The Morgan fingerprint density at radius 2 is 1.87 bits per heavy atom. The van der Waals surface area contributed by atoms with Gasteiger partial charge in [0.25, 0.3) is 0 Å². The summed E-state index contributed by atoms with van der Waals surface area (Å²) in [5.41, 5.74) is 2.88. The van der Waals surface area contributed by atoms with Gasteiger partial charge < -0.3 is 14.6 Å². The van der Waals surface area contributed by atoms with E-state index in [0.717, 1.165) is 15.8 Å². The van der Waals surface area contributed by atoms with Crippen molar-refractivity contribution >= 4 is 10.9 Å². The number of pyridine rings is 1. The third-order valence-corrected chi connectivity index (χ3v) is 4.87. The Hall–Kier alpha value is -3.69. The van der Waals surface area contributed by atoms with Crippen molar-refractivity contribution in [2.75, 3.05) is 14.2 Å². The summed E-state index contributed by atoms with van der Waals surface area (Å²) in [6.07, 6.45) is -0.356. The van der Waals surface area contributed by atoms with Crippen molar-refractivity contribution in [1.29, 1.82) is 0 Å². The van der Waals surface area contributed by atoms with E-state index in [1.165, 1.54) is 17.0 Å². The largest absolute Gasteiger partial charge is 0.497 e. The van der Waals surface area contributed by atoms with Crippen LogP contribution in [-0.4, -0.2) is 44.8 Å². The van der Waals surface area contributed by atoms with Crippen LogP contribution in [0.2, 0.25) is 0 Å². The van der Waals surface area contributed by atoms with Gasteiger partial charge in [0.2, 0.25) is 5.88 Å². The van der Waals surface area contributed by atoms with E-state index in [9.17, 15) is 18.3 Å². The molecule has 3 aromatic heterocycles. The fourth-order valence-corrected chi connectivity index (χ4v) is 3.48. The van der Waals surface area contributed by atoms with Crippen molar-refractivity contribution < 1.29 is 27.8 Å². The van der Waals surface area contributed by atoms with Gasteiger partial charge in [0.15, 0.2) is 0 Å². The molecule has 4 aromatic rings. The molecule has 0 aliphatic carbocycles. The molecule has 0 unspecified atom stereocenters. The minimum atomic E-state index is -4.39. The Morgan fingerprint density at radius 3 is 2.55 bits per heavy atom. The van der Waals surface area contributed by atoms with Crippen molar-refractivity contribution in [2.24, 2.45) is 0 Å². The Kier molecular flexibility index (Phi) is 5.00. The number of rotatable bonds is 5. The first-order valence-corrected chi connectivity index (χ1v) is 9.24. The quantitative estimate of drug-likeness (QED) is 0.503. The van der Waals surface area contributed by atoms with Crippen LogP contribution in [0.1, 0.15) is 5.56 Å². The maximum Gasteiger partial charge on any atom is 0.408 e. The van der Waals surface area contributed by atoms with Crippen molar-refractivity contribution in [2.45, 2.75) is 19.6 Å². The molecule has 10 heteroatoms. The van der Waals surface area contributed by atoms with Crippen LogP contribution >= 0.6 is 0 Å². The van der Waals surface area contributed by atoms with Gasteiger partial charge >= 0.3 is 6.18 Å². The molecular weight excluding hydrogens is 413 g/mol. The maximum atomic E-state index is 12.6. The molecule has 0 aliphatic heterocycles. The molecule has 0 aliphatic rings. The number of aromatic hydroxyl groups is 1. The van der Waals surface area contributed by atoms with E-state index in [2.05, 4.69) is 10.1 Å². The lowest BCUT2D eigenvalue weighted by Gasteiger charge is -2.11. The normalized spacial score (nSPS) is 11.8. The molecule has 0 saturated carbocycles. The van der Waals surface area contributed by atoms with E-state index < -0.39 is 12.7 Å². The average molecular weight is 432 g/mol. The number of aromatic nitrogens is 4. The van der Waals surface area contributed by atoms with E-state index in [0.29, 0.717) is 33.8 Å². The maximum absolute atomic E-state index is 12.6. The zero-order valence-electron chi connectivity index (χ0n) is 16.9. The second-order valence-corrected chi connectivity index (χ2v) is 6.98. The molecule has 1 aromatic carbocycles. The molecule has 0 saturated heterocycles. The molecule has 3 heterocycles. The van der Waals surface area contributed by atoms with Crippen LogP contribution in [0.3, 0.4) is 0 Å². The third kappa shape index (κ3) is 3.88. The van der Waals surface area contributed by atoms with Gasteiger partial charge in [-0.05, 0) is 30.7 Å². The number of benzene rings is 1. The lowest BCUT2D eigenvalue weighted by molar-refractivity contribution is -0.142. The number of aryl methyl sites for hydroxylation is 1. The van der Waals surface area contributed by atoms with Crippen LogP contribution in [0.15, 0.2) is 42.9 Å². The molecule has 0 bridgehead atoms. The number of methoxy groups -OCH3 is 2. The Morgan fingerprint density at radius 1 is 1.10 bits per heavy atom. The van der Waals surface area contributed by atoms with E-state index in [1.807, 2.05) is 19.1 Å². The summed E-state index contributed by atoms with van der Waals surface area (Å²) in [4.78, 5) is 4.63. The standard InChI is InChI=1S/C21H19F3N4O3/c1-12-6-16(15-5-4-14(30-2)7-18(15)31-3)26-17-10-28(20(29)19(12)17)13-8-25-27(9-13)11-21(22,23)24/h4-10,29H,11H2,1-3H3. The average Bonchev–Trinajstić information content (AvgIpc) is 3.30. The highest BCUT2D eigenvalue weighted by Gasteiger charge is 2.28. The smallest absolute Gasteiger partial charge is 0.408 e. The number of hydrogen-bond donors (Lipinski definition) is 1. The highest BCUT2D eigenvalue weighted by Crippen LogP contribution is 2.37. The number of alkyl halides is 3. The molecule has 31 heavy (non-hydrogen) atoms. The fraction of sp³-hybridized carbons (Fsp3) is 0.238. The summed E-state index contributed by atoms with van der Waals surface area (Å²) in [6.45, 7) is 0.605. The number of fused-ring (bicyclic) bond motifs is 1. The predicted octanol–water partition coefficient (Wildman–Crippen LogP) is 4.48. The van der Waals surface area contributed by atoms with E-state index in [4.69, 9.17) is 9.47 Å². The lowest BCUT2D eigenvalue weighted by atomic mass is 10.1. The van der Waals surface area contributed by atoms with Crippen molar-refractivity contribution in [3.8, 4) is 34.3 Å². The first-order valence-electron chi connectivity index (χ1n) is 9.24. The minimum absolute atomic E-state index is 0.125. The summed E-state index contributed by atoms with van der Waals surface area (Å²) in [7, 11) is 3.11. The summed E-state index contributed by atoms with van der Waals surface area (Å²) >= 11 is 0. The van der Waals surface area contributed by atoms with Crippen LogP contribution < -0.4 is 9.47 Å². The van der Waals surface area contributed by atoms with E-state index in [1.54, 1.807) is 32.5 Å².